The molecule has 0 aliphatic carbocycles. The van der Waals surface area contributed by atoms with Gasteiger partial charge in [0.15, 0.2) is 0 Å². The maximum Gasteiger partial charge on any atom is 0.124 e. The summed E-state index contributed by atoms with van der Waals surface area (Å²) in [4.78, 5) is 0. The van der Waals surface area contributed by atoms with Crippen molar-refractivity contribution >= 4 is 10.8 Å². The van der Waals surface area contributed by atoms with Gasteiger partial charge < -0.3 is 10.5 Å². The monoisotopic (exact) mass is 215 g/mol. The number of hydrogen-bond acceptors (Lipinski definition) is 2. The molecular weight excluding hydrogens is 198 g/mol. The van der Waals surface area contributed by atoms with Crippen LogP contribution in [0.5, 0.6) is 5.75 Å². The molecule has 2 N–H and O–H groups in total. The minimum absolute atomic E-state index is 0.0287. The number of rotatable bonds is 3. The Morgan fingerprint density at radius 2 is 1.94 bits per heavy atom. The lowest BCUT2D eigenvalue weighted by molar-refractivity contribution is 0.406. The Hall–Kier alpha value is -1.54. The van der Waals surface area contributed by atoms with Gasteiger partial charge in [-0.3, -0.25) is 0 Å². The smallest absolute Gasteiger partial charge is 0.124 e. The van der Waals surface area contributed by atoms with Crippen LogP contribution in [0.2, 0.25) is 0 Å². The Kier molecular flexibility index (Phi) is 3.11. The van der Waals surface area contributed by atoms with Crippen LogP contribution in [-0.4, -0.2) is 7.11 Å². The zero-order valence-corrected chi connectivity index (χ0v) is 9.73. The van der Waals surface area contributed by atoms with Crippen molar-refractivity contribution in [2.24, 2.45) is 5.73 Å². The van der Waals surface area contributed by atoms with E-state index in [1.807, 2.05) is 18.2 Å². The second-order valence-corrected chi connectivity index (χ2v) is 3.92. The van der Waals surface area contributed by atoms with Crippen LogP contribution < -0.4 is 10.5 Å². The fourth-order valence-electron chi connectivity index (χ4n) is 2.04. The molecule has 0 spiro atoms. The molecule has 0 aliphatic heterocycles. The summed E-state index contributed by atoms with van der Waals surface area (Å²) < 4.78 is 5.40. The lowest BCUT2D eigenvalue weighted by atomic mass is 9.97. The molecule has 2 nitrogen and oxygen atoms in total. The van der Waals surface area contributed by atoms with Crippen LogP contribution in [0.3, 0.4) is 0 Å². The summed E-state index contributed by atoms with van der Waals surface area (Å²) in [6.45, 7) is 2.09. The third-order valence-corrected chi connectivity index (χ3v) is 2.96. The molecule has 0 radical (unpaired) electrons. The molecule has 2 rings (SSSR count). The largest absolute Gasteiger partial charge is 0.496 e. The van der Waals surface area contributed by atoms with Gasteiger partial charge >= 0.3 is 0 Å². The van der Waals surface area contributed by atoms with Gasteiger partial charge in [-0.05, 0) is 23.3 Å². The van der Waals surface area contributed by atoms with Gasteiger partial charge in [0.2, 0.25) is 0 Å². The summed E-state index contributed by atoms with van der Waals surface area (Å²) in [6, 6.07) is 12.4. The van der Waals surface area contributed by atoms with Crippen LogP contribution in [0.25, 0.3) is 10.8 Å². The van der Waals surface area contributed by atoms with E-state index in [9.17, 15) is 0 Å². The van der Waals surface area contributed by atoms with E-state index in [0.29, 0.717) is 0 Å². The molecule has 0 fully saturated rings. The first kappa shape index (κ1) is 11.0. The van der Waals surface area contributed by atoms with E-state index in [4.69, 9.17) is 10.5 Å². The van der Waals surface area contributed by atoms with Crippen molar-refractivity contribution in [2.75, 3.05) is 7.11 Å². The minimum atomic E-state index is 0.0287. The first-order valence-electron chi connectivity index (χ1n) is 5.59. The molecule has 0 amide bonds. The average Bonchev–Trinajstić information content (AvgIpc) is 2.36. The molecule has 0 bridgehead atoms. The Morgan fingerprint density at radius 1 is 1.19 bits per heavy atom. The number of fused-ring (bicyclic) bond motifs is 1. The fraction of sp³-hybridized carbons (Fsp3) is 0.286. The summed E-state index contributed by atoms with van der Waals surface area (Å²) in [5.74, 6) is 0.882. The molecule has 0 saturated heterocycles. The van der Waals surface area contributed by atoms with E-state index < -0.39 is 0 Å². The lowest BCUT2D eigenvalue weighted by Gasteiger charge is -2.16. The molecule has 0 saturated carbocycles. The van der Waals surface area contributed by atoms with Gasteiger partial charge in [-0.2, -0.15) is 0 Å². The standard InChI is InChI=1S/C14H17NO/c1-3-12(15)14-11-7-5-4-6-10(11)8-9-13(14)16-2/h4-9,12H,3,15H2,1-2H3. The maximum absolute atomic E-state index is 6.16. The first-order chi connectivity index (χ1) is 7.77. The second kappa shape index (κ2) is 4.54. The number of hydrogen-bond donors (Lipinski definition) is 1. The minimum Gasteiger partial charge on any atom is -0.496 e. The SMILES string of the molecule is CCC(N)c1c(OC)ccc2ccccc12. The highest BCUT2D eigenvalue weighted by Gasteiger charge is 2.13. The number of nitrogens with two attached hydrogens (primary N) is 1. The molecular formula is C14H17NO. The Bertz CT molecular complexity index is 493. The molecule has 2 aromatic carbocycles. The summed E-state index contributed by atoms with van der Waals surface area (Å²) in [5, 5.41) is 2.40. The summed E-state index contributed by atoms with van der Waals surface area (Å²) >= 11 is 0. The van der Waals surface area contributed by atoms with E-state index in [2.05, 4.69) is 25.1 Å². The van der Waals surface area contributed by atoms with E-state index in [1.165, 1.54) is 10.8 Å². The zero-order chi connectivity index (χ0) is 11.5. The first-order valence-corrected chi connectivity index (χ1v) is 5.59. The molecule has 0 heterocycles. The summed E-state index contributed by atoms with van der Waals surface area (Å²) in [7, 11) is 1.69. The Morgan fingerprint density at radius 3 is 2.62 bits per heavy atom. The predicted octanol–water partition coefficient (Wildman–Crippen LogP) is 3.26. The predicted molar refractivity (Wildman–Crippen MR) is 67.7 cm³/mol. The van der Waals surface area contributed by atoms with Crippen molar-refractivity contribution in [2.45, 2.75) is 19.4 Å². The van der Waals surface area contributed by atoms with Crippen molar-refractivity contribution in [1.82, 2.24) is 0 Å². The van der Waals surface area contributed by atoms with Crippen LogP contribution >= 0.6 is 0 Å². The fourth-order valence-corrected chi connectivity index (χ4v) is 2.04. The van der Waals surface area contributed by atoms with Gasteiger partial charge in [-0.1, -0.05) is 37.3 Å². The molecule has 1 unspecified atom stereocenters. The highest BCUT2D eigenvalue weighted by Crippen LogP contribution is 2.33. The van der Waals surface area contributed by atoms with Crippen LogP contribution in [-0.2, 0) is 0 Å². The number of methoxy groups -OCH3 is 1. The molecule has 0 aromatic heterocycles. The van der Waals surface area contributed by atoms with Gasteiger partial charge in [0.25, 0.3) is 0 Å². The van der Waals surface area contributed by atoms with Crippen molar-refractivity contribution in [1.29, 1.82) is 0 Å². The van der Waals surface area contributed by atoms with Crippen molar-refractivity contribution in [3.8, 4) is 5.75 Å². The zero-order valence-electron chi connectivity index (χ0n) is 9.73. The Labute approximate surface area is 96.0 Å². The van der Waals surface area contributed by atoms with Gasteiger partial charge in [-0.15, -0.1) is 0 Å². The van der Waals surface area contributed by atoms with Gasteiger partial charge in [0, 0.05) is 11.6 Å². The molecule has 2 aromatic rings. The molecule has 16 heavy (non-hydrogen) atoms. The van der Waals surface area contributed by atoms with Gasteiger partial charge in [0.1, 0.15) is 5.75 Å². The molecule has 0 aliphatic rings. The Balaban J connectivity index is 2.72. The number of ether oxygens (including phenoxy) is 1. The summed E-state index contributed by atoms with van der Waals surface area (Å²) in [5.41, 5.74) is 7.27. The van der Waals surface area contributed by atoms with E-state index in [0.717, 1.165) is 17.7 Å². The van der Waals surface area contributed by atoms with Crippen LogP contribution in [0.15, 0.2) is 36.4 Å². The third-order valence-electron chi connectivity index (χ3n) is 2.96. The highest BCUT2D eigenvalue weighted by atomic mass is 16.5. The quantitative estimate of drug-likeness (QED) is 0.853. The van der Waals surface area contributed by atoms with Crippen molar-refractivity contribution in [3.05, 3.63) is 42.0 Å². The third kappa shape index (κ3) is 1.76. The highest BCUT2D eigenvalue weighted by molar-refractivity contribution is 5.88. The number of benzene rings is 2. The van der Waals surface area contributed by atoms with Crippen molar-refractivity contribution in [3.63, 3.8) is 0 Å². The normalized spacial score (nSPS) is 12.7. The maximum atomic E-state index is 6.16. The van der Waals surface area contributed by atoms with Crippen LogP contribution in [0.1, 0.15) is 24.9 Å². The van der Waals surface area contributed by atoms with Gasteiger partial charge in [0.05, 0.1) is 7.11 Å². The van der Waals surface area contributed by atoms with Crippen LogP contribution in [0, 0.1) is 0 Å². The van der Waals surface area contributed by atoms with E-state index >= 15 is 0 Å². The van der Waals surface area contributed by atoms with Crippen molar-refractivity contribution < 1.29 is 4.74 Å². The van der Waals surface area contributed by atoms with Gasteiger partial charge in [-0.25, -0.2) is 0 Å². The lowest BCUT2D eigenvalue weighted by Crippen LogP contribution is -2.10. The second-order valence-electron chi connectivity index (χ2n) is 3.92. The summed E-state index contributed by atoms with van der Waals surface area (Å²) in [6.07, 6.45) is 0.907. The topological polar surface area (TPSA) is 35.2 Å². The van der Waals surface area contributed by atoms with E-state index in [-0.39, 0.29) is 6.04 Å². The average molecular weight is 215 g/mol. The van der Waals surface area contributed by atoms with E-state index in [1.54, 1.807) is 7.11 Å². The molecule has 84 valence electrons. The molecule has 2 heteroatoms. The van der Waals surface area contributed by atoms with Crippen LogP contribution in [0.4, 0.5) is 0 Å². The molecule has 1 atom stereocenters.